The highest BCUT2D eigenvalue weighted by Crippen LogP contribution is 2.30. The predicted octanol–water partition coefficient (Wildman–Crippen LogP) is 6.16. The summed E-state index contributed by atoms with van der Waals surface area (Å²) in [7, 11) is 0. The zero-order valence-corrected chi connectivity index (χ0v) is 18.1. The van der Waals surface area contributed by atoms with Crippen molar-refractivity contribution in [3.8, 4) is 5.75 Å². The van der Waals surface area contributed by atoms with E-state index in [-0.39, 0.29) is 12.0 Å². The minimum atomic E-state index is -0.130. The first-order valence-electron chi connectivity index (χ1n) is 10.3. The maximum absolute atomic E-state index is 13.0. The number of carbonyl (C=O) groups excluding carboxylic acids is 1. The standard InChI is InChI=1S/C24H26N2O3S/c1-16-22(17(2)29-26-16)15-30-23-13-6-5-12-21(23)24(27)25-18-8-7-11-20(14-18)28-19-9-3-4-10-19/h5-8,11-14,19H,3-4,9-10,15H2,1-2H3,(H,25,27). The van der Waals surface area contributed by atoms with Crippen LogP contribution < -0.4 is 10.1 Å². The van der Waals surface area contributed by atoms with E-state index in [1.54, 1.807) is 11.8 Å². The van der Waals surface area contributed by atoms with Gasteiger partial charge in [0.15, 0.2) is 0 Å². The Morgan fingerprint density at radius 2 is 1.97 bits per heavy atom. The number of anilines is 1. The molecule has 6 heteroatoms. The third kappa shape index (κ3) is 4.87. The molecular formula is C24H26N2O3S. The number of rotatable bonds is 7. The Morgan fingerprint density at radius 3 is 2.73 bits per heavy atom. The van der Waals surface area contributed by atoms with E-state index in [1.165, 1.54) is 12.8 Å². The van der Waals surface area contributed by atoms with Gasteiger partial charge in [-0.1, -0.05) is 23.4 Å². The molecule has 0 spiro atoms. The van der Waals surface area contributed by atoms with Crippen molar-refractivity contribution in [1.29, 1.82) is 0 Å². The Labute approximate surface area is 181 Å². The van der Waals surface area contributed by atoms with Crippen molar-refractivity contribution in [2.75, 3.05) is 5.32 Å². The van der Waals surface area contributed by atoms with Gasteiger partial charge >= 0.3 is 0 Å². The molecule has 1 saturated carbocycles. The molecule has 1 amide bonds. The Morgan fingerprint density at radius 1 is 1.17 bits per heavy atom. The molecule has 3 aromatic rings. The number of carbonyl (C=O) groups is 1. The third-order valence-electron chi connectivity index (χ3n) is 5.38. The number of hydrogen-bond acceptors (Lipinski definition) is 5. The van der Waals surface area contributed by atoms with Gasteiger partial charge in [-0.25, -0.2) is 0 Å². The highest BCUT2D eigenvalue weighted by molar-refractivity contribution is 7.98. The zero-order valence-electron chi connectivity index (χ0n) is 17.3. The molecule has 1 fully saturated rings. The lowest BCUT2D eigenvalue weighted by Crippen LogP contribution is -2.14. The van der Waals surface area contributed by atoms with Crippen LogP contribution in [0.2, 0.25) is 0 Å². The second-order valence-corrected chi connectivity index (χ2v) is 8.61. The molecule has 0 atom stereocenters. The highest BCUT2D eigenvalue weighted by atomic mass is 32.2. The van der Waals surface area contributed by atoms with Gasteiger partial charge in [-0.3, -0.25) is 4.79 Å². The van der Waals surface area contributed by atoms with Crippen molar-refractivity contribution in [3.63, 3.8) is 0 Å². The fourth-order valence-electron chi connectivity index (χ4n) is 3.68. The number of nitrogens with zero attached hydrogens (tertiary/aromatic N) is 1. The van der Waals surface area contributed by atoms with E-state index in [9.17, 15) is 4.79 Å². The topological polar surface area (TPSA) is 64.4 Å². The van der Waals surface area contributed by atoms with Crippen LogP contribution in [0.4, 0.5) is 5.69 Å². The van der Waals surface area contributed by atoms with Crippen LogP contribution >= 0.6 is 11.8 Å². The van der Waals surface area contributed by atoms with Crippen LogP contribution in [0.3, 0.4) is 0 Å². The minimum absolute atomic E-state index is 0.130. The molecule has 1 aliphatic carbocycles. The molecular weight excluding hydrogens is 396 g/mol. The van der Waals surface area contributed by atoms with E-state index in [4.69, 9.17) is 9.26 Å². The molecule has 1 N–H and O–H groups in total. The molecule has 156 valence electrons. The summed E-state index contributed by atoms with van der Waals surface area (Å²) < 4.78 is 11.3. The first-order chi connectivity index (χ1) is 14.6. The number of aryl methyl sites for hydroxylation is 2. The number of benzene rings is 2. The largest absolute Gasteiger partial charge is 0.490 e. The molecule has 0 aliphatic heterocycles. The summed E-state index contributed by atoms with van der Waals surface area (Å²) in [5, 5.41) is 7.02. The van der Waals surface area contributed by atoms with Crippen LogP contribution in [-0.2, 0) is 5.75 Å². The Bertz CT molecular complexity index is 1010. The average Bonchev–Trinajstić information content (AvgIpc) is 3.37. The maximum Gasteiger partial charge on any atom is 0.256 e. The number of aromatic nitrogens is 1. The summed E-state index contributed by atoms with van der Waals surface area (Å²) in [6.45, 7) is 3.85. The molecule has 0 radical (unpaired) electrons. The predicted molar refractivity (Wildman–Crippen MR) is 119 cm³/mol. The highest BCUT2D eigenvalue weighted by Gasteiger charge is 2.17. The monoisotopic (exact) mass is 422 g/mol. The van der Waals surface area contributed by atoms with Crippen LogP contribution in [0.15, 0.2) is 57.9 Å². The third-order valence-corrected chi connectivity index (χ3v) is 6.48. The average molecular weight is 423 g/mol. The lowest BCUT2D eigenvalue weighted by atomic mass is 10.2. The van der Waals surface area contributed by atoms with Crippen LogP contribution in [0.1, 0.15) is 53.1 Å². The Kier molecular flexibility index (Phi) is 6.43. The van der Waals surface area contributed by atoms with Crippen LogP contribution in [-0.4, -0.2) is 17.2 Å². The lowest BCUT2D eigenvalue weighted by molar-refractivity contribution is 0.102. The number of nitrogens with one attached hydrogen (secondary N) is 1. The van der Waals surface area contributed by atoms with Gasteiger partial charge in [-0.15, -0.1) is 11.8 Å². The molecule has 1 heterocycles. The first-order valence-corrected chi connectivity index (χ1v) is 11.3. The summed E-state index contributed by atoms with van der Waals surface area (Å²) >= 11 is 1.61. The van der Waals surface area contributed by atoms with E-state index >= 15 is 0 Å². The number of amides is 1. The molecule has 0 saturated heterocycles. The summed E-state index contributed by atoms with van der Waals surface area (Å²) in [6.07, 6.45) is 4.95. The number of ether oxygens (including phenoxy) is 1. The van der Waals surface area contributed by atoms with Crippen molar-refractivity contribution in [1.82, 2.24) is 5.16 Å². The van der Waals surface area contributed by atoms with Gasteiger partial charge in [-0.05, 0) is 63.8 Å². The normalized spacial score (nSPS) is 14.1. The van der Waals surface area contributed by atoms with Crippen molar-refractivity contribution < 1.29 is 14.1 Å². The van der Waals surface area contributed by atoms with Crippen molar-refractivity contribution in [3.05, 3.63) is 71.1 Å². The first kappa shape index (κ1) is 20.5. The van der Waals surface area contributed by atoms with Gasteiger partial charge in [0.25, 0.3) is 5.91 Å². The number of thioether (sulfide) groups is 1. The second kappa shape index (κ2) is 9.39. The van der Waals surface area contributed by atoms with Crippen molar-refractivity contribution >= 4 is 23.4 Å². The molecule has 0 bridgehead atoms. The fourth-order valence-corrected chi connectivity index (χ4v) is 4.89. The Balaban J connectivity index is 1.45. The fraction of sp³-hybridized carbons (Fsp3) is 0.333. The van der Waals surface area contributed by atoms with E-state index in [2.05, 4.69) is 10.5 Å². The SMILES string of the molecule is Cc1noc(C)c1CSc1ccccc1C(=O)Nc1cccc(OC2CCCC2)c1. The van der Waals surface area contributed by atoms with Crippen molar-refractivity contribution in [2.45, 2.75) is 56.3 Å². The maximum atomic E-state index is 13.0. The molecule has 30 heavy (non-hydrogen) atoms. The summed E-state index contributed by atoms with van der Waals surface area (Å²) in [5.74, 6) is 2.20. The molecule has 0 unspecified atom stereocenters. The van der Waals surface area contributed by atoms with Gasteiger partial charge in [0, 0.05) is 28.0 Å². The second-order valence-electron chi connectivity index (χ2n) is 7.59. The van der Waals surface area contributed by atoms with E-state index in [1.807, 2.05) is 62.4 Å². The smallest absolute Gasteiger partial charge is 0.256 e. The molecule has 5 nitrogen and oxygen atoms in total. The van der Waals surface area contributed by atoms with E-state index in [0.29, 0.717) is 11.3 Å². The summed E-state index contributed by atoms with van der Waals surface area (Å²) in [4.78, 5) is 13.9. The van der Waals surface area contributed by atoms with Crippen LogP contribution in [0.25, 0.3) is 0 Å². The number of hydrogen-bond donors (Lipinski definition) is 1. The van der Waals surface area contributed by atoms with Gasteiger partial charge in [0.2, 0.25) is 0 Å². The van der Waals surface area contributed by atoms with Gasteiger partial charge in [0.05, 0.1) is 17.4 Å². The quantitative estimate of drug-likeness (QED) is 0.462. The lowest BCUT2D eigenvalue weighted by Gasteiger charge is -2.14. The van der Waals surface area contributed by atoms with Gasteiger partial charge < -0.3 is 14.6 Å². The van der Waals surface area contributed by atoms with Crippen molar-refractivity contribution in [2.24, 2.45) is 0 Å². The van der Waals surface area contributed by atoms with E-state index < -0.39 is 0 Å². The molecule has 1 aliphatic rings. The molecule has 4 rings (SSSR count). The molecule has 1 aromatic heterocycles. The minimum Gasteiger partial charge on any atom is -0.490 e. The summed E-state index contributed by atoms with van der Waals surface area (Å²) in [6, 6.07) is 15.3. The zero-order chi connectivity index (χ0) is 20.9. The molecule has 2 aromatic carbocycles. The summed E-state index contributed by atoms with van der Waals surface area (Å²) in [5.41, 5.74) is 3.35. The van der Waals surface area contributed by atoms with Crippen LogP contribution in [0.5, 0.6) is 5.75 Å². The van der Waals surface area contributed by atoms with Crippen LogP contribution in [0, 0.1) is 13.8 Å². The van der Waals surface area contributed by atoms with Gasteiger partial charge in [-0.2, -0.15) is 0 Å². The Hall–Kier alpha value is -2.73. The van der Waals surface area contributed by atoms with E-state index in [0.717, 1.165) is 46.2 Å². The van der Waals surface area contributed by atoms with Gasteiger partial charge in [0.1, 0.15) is 11.5 Å².